The summed E-state index contributed by atoms with van der Waals surface area (Å²) in [7, 11) is -3.62. The summed E-state index contributed by atoms with van der Waals surface area (Å²) < 4.78 is 57.3. The molecule has 68 heavy (non-hydrogen) atoms. The molecule has 0 atom stereocenters. The van der Waals surface area contributed by atoms with Crippen LogP contribution in [0.4, 0.5) is 29.0 Å². The van der Waals surface area contributed by atoms with E-state index >= 15 is 0 Å². The summed E-state index contributed by atoms with van der Waals surface area (Å²) in [5, 5.41) is 46.5. The summed E-state index contributed by atoms with van der Waals surface area (Å²) in [6, 6.07) is 23.7. The zero-order valence-corrected chi connectivity index (χ0v) is 37.8. The van der Waals surface area contributed by atoms with Crippen LogP contribution in [0.5, 0.6) is 11.8 Å². The lowest BCUT2D eigenvalue weighted by atomic mass is 9.80. The molecule has 2 heterocycles. The van der Waals surface area contributed by atoms with Crippen LogP contribution in [0.2, 0.25) is 0 Å². The number of anilines is 5. The highest BCUT2D eigenvalue weighted by atomic mass is 32.2. The van der Waals surface area contributed by atoms with Crippen molar-refractivity contribution in [2.75, 3.05) is 22.5 Å². The number of ketones is 2. The van der Waals surface area contributed by atoms with Gasteiger partial charge in [-0.15, -0.1) is 13.0 Å². The average molecular weight is 1010 g/mol. The van der Waals surface area contributed by atoms with Crippen molar-refractivity contribution in [2.24, 2.45) is 7.05 Å². The minimum atomic E-state index is -5.07. The molecule has 27 heteroatoms. The fraction of sp³-hybridized carbons (Fsp3) is 0.0732. The van der Waals surface area contributed by atoms with Crippen LogP contribution < -0.4 is 26.2 Å². The van der Waals surface area contributed by atoms with Gasteiger partial charge in [0.25, 0.3) is 15.7 Å². The Labute approximate surface area is 395 Å². The number of pyridine rings is 1. The normalized spacial score (nSPS) is 11.9. The first-order valence-electron chi connectivity index (χ1n) is 19.2. The van der Waals surface area contributed by atoms with Crippen LogP contribution in [0.1, 0.15) is 38.8 Å². The Hall–Kier alpha value is -6.54. The molecule has 0 unspecified atom stereocenters. The van der Waals surface area contributed by atoms with Crippen molar-refractivity contribution < 1.29 is 71.2 Å². The van der Waals surface area contributed by atoms with E-state index in [1.807, 2.05) is 0 Å². The minimum absolute atomic E-state index is 0.00196. The zero-order chi connectivity index (χ0) is 48.1. The predicted molar refractivity (Wildman–Crippen MR) is 243 cm³/mol. The molecule has 1 aliphatic carbocycles. The fourth-order valence-electron chi connectivity index (χ4n) is 7.15. The quantitative estimate of drug-likeness (QED) is 0.0124. The first-order chi connectivity index (χ1) is 32.8. The number of aryl methyl sites for hydroxylation is 1. The molecule has 23 nitrogen and oxygen atoms in total. The summed E-state index contributed by atoms with van der Waals surface area (Å²) >= 11 is 1.65. The smallest absolute Gasteiger partial charge is 0.328 e. The first-order valence-corrected chi connectivity index (χ1v) is 22.9. The van der Waals surface area contributed by atoms with E-state index in [9.17, 15) is 27.4 Å². The van der Waals surface area contributed by atoms with E-state index in [-0.39, 0.29) is 84.3 Å². The Morgan fingerprint density at radius 3 is 2.12 bits per heavy atom. The van der Waals surface area contributed by atoms with Crippen LogP contribution in [0.3, 0.4) is 0 Å². The summed E-state index contributed by atoms with van der Waals surface area (Å²) in [5.74, 6) is -1.22. The number of carbonyl (C=O) groups is 2. The van der Waals surface area contributed by atoms with Crippen LogP contribution in [-0.2, 0) is 45.3 Å². The van der Waals surface area contributed by atoms with Crippen LogP contribution in [0, 0.1) is 0 Å². The topological polar surface area (TPSA) is 311 Å². The van der Waals surface area contributed by atoms with Gasteiger partial charge >= 0.3 is 6.01 Å². The number of aromatic nitrogens is 4. The lowest BCUT2D eigenvalue weighted by Crippen LogP contribution is -2.29. The molecule has 0 bridgehead atoms. The van der Waals surface area contributed by atoms with Crippen molar-refractivity contribution >= 4 is 97.7 Å². The van der Waals surface area contributed by atoms with Gasteiger partial charge in [-0.25, -0.2) is 15.8 Å². The maximum atomic E-state index is 14.7. The number of carbonyl (C=O) groups excluding carboxylic acids is 2. The Morgan fingerprint density at radius 1 is 0.721 bits per heavy atom. The molecule has 1 aliphatic rings. The van der Waals surface area contributed by atoms with E-state index in [1.54, 1.807) is 61.5 Å². The number of rotatable bonds is 20. The molecule has 5 aromatic carbocycles. The summed E-state index contributed by atoms with van der Waals surface area (Å²) in [5.41, 5.74) is -0.185. The molecule has 0 amide bonds. The molecule has 7 N–H and O–H groups in total. The third-order valence-electron chi connectivity index (χ3n) is 9.89. The van der Waals surface area contributed by atoms with E-state index in [0.29, 0.717) is 46.0 Å². The third-order valence-corrected chi connectivity index (χ3v) is 12.6. The molecular formula is C41H31N7O16S4. The van der Waals surface area contributed by atoms with Gasteiger partial charge in [-0.3, -0.25) is 18.9 Å². The van der Waals surface area contributed by atoms with Crippen LogP contribution in [0.15, 0.2) is 121 Å². The minimum Gasteiger partial charge on any atom is -0.424 e. The largest absolute Gasteiger partial charge is 0.424 e. The molecule has 350 valence electrons. The van der Waals surface area contributed by atoms with Crippen molar-refractivity contribution in [3.05, 3.63) is 130 Å². The van der Waals surface area contributed by atoms with Crippen molar-refractivity contribution in [3.63, 3.8) is 0 Å². The van der Waals surface area contributed by atoms with Crippen molar-refractivity contribution in [2.45, 2.75) is 26.5 Å². The SMILES string of the molecule is CCNc1nc(Nc2cc(Nc3ccc4c5c3C(=O)c3ccccc3-c5c(C(=O)c3cccc(SOOO)c3)c(=O)n4C)c(SOOO)cc2S(=O)(=O)O)nc(Oc2ccc(SOOO)cc2)n1. The Kier molecular flexibility index (Phi) is 14.6. The van der Waals surface area contributed by atoms with Crippen molar-refractivity contribution in [1.82, 2.24) is 19.5 Å². The molecular weight excluding hydrogens is 975 g/mol. The monoisotopic (exact) mass is 1010 g/mol. The molecule has 2 aromatic heterocycles. The van der Waals surface area contributed by atoms with Gasteiger partial charge in [0.1, 0.15) is 10.6 Å². The van der Waals surface area contributed by atoms with E-state index in [1.165, 1.54) is 48.0 Å². The van der Waals surface area contributed by atoms with Gasteiger partial charge in [-0.2, -0.15) is 23.4 Å². The van der Waals surface area contributed by atoms with Crippen LogP contribution in [-0.4, -0.2) is 66.4 Å². The van der Waals surface area contributed by atoms with Gasteiger partial charge in [-0.1, -0.05) is 51.5 Å². The van der Waals surface area contributed by atoms with Crippen molar-refractivity contribution in [3.8, 4) is 22.9 Å². The number of nitrogens with zero attached hydrogens (tertiary/aromatic N) is 4. The van der Waals surface area contributed by atoms with E-state index in [0.717, 1.165) is 18.1 Å². The highest BCUT2D eigenvalue weighted by Crippen LogP contribution is 2.46. The Morgan fingerprint density at radius 2 is 1.41 bits per heavy atom. The lowest BCUT2D eigenvalue weighted by molar-refractivity contribution is -0.432. The second-order valence-corrected chi connectivity index (χ2v) is 17.5. The Bertz CT molecular complexity index is 3270. The second kappa shape index (κ2) is 20.8. The summed E-state index contributed by atoms with van der Waals surface area (Å²) in [6.07, 6.45) is 0. The first kappa shape index (κ1) is 47.9. The highest BCUT2D eigenvalue weighted by molar-refractivity contribution is 7.95. The molecule has 0 saturated heterocycles. The van der Waals surface area contributed by atoms with E-state index in [2.05, 4.69) is 54.7 Å². The van der Waals surface area contributed by atoms with E-state index < -0.39 is 32.1 Å². The van der Waals surface area contributed by atoms with Gasteiger partial charge in [0.05, 0.1) is 74.7 Å². The third kappa shape index (κ3) is 10.0. The maximum absolute atomic E-state index is 14.7. The average Bonchev–Trinajstić information content (AvgIpc) is 3.33. The van der Waals surface area contributed by atoms with Crippen molar-refractivity contribution in [1.29, 1.82) is 0 Å². The summed E-state index contributed by atoms with van der Waals surface area (Å²) in [4.78, 5) is 56.4. The van der Waals surface area contributed by atoms with Gasteiger partial charge in [0.15, 0.2) is 11.6 Å². The summed E-state index contributed by atoms with van der Waals surface area (Å²) in [6.45, 7) is 2.11. The number of fused-ring (bicyclic) bond motifs is 2. The molecule has 0 spiro atoms. The molecule has 0 fully saturated rings. The standard InChI is InChI=1S/C41H31N7O16S4/c1-3-42-39-45-40(47-41(46-39)58-21-11-13-22(14-12-21)65-62-59-52)44-28-18-27(30(67-64-61-54)19-31(28)68(55,56)57)43-26-15-16-29-34-32(24-9-4-5-10-25(24)37(50)33(26)34)35(38(51)48(29)2)36(49)20-7-6-8-23(17-20)66-63-60-53/h4-19,43,52-54H,3H2,1-2H3,(H,55,56,57)(H2,42,44,45,46,47). The van der Waals surface area contributed by atoms with Gasteiger partial charge in [-0.05, 0) is 73.2 Å². The number of benzene rings is 5. The fourth-order valence-corrected chi connectivity index (χ4v) is 9.12. The maximum Gasteiger partial charge on any atom is 0.328 e. The van der Waals surface area contributed by atoms with Crippen LogP contribution >= 0.6 is 36.1 Å². The highest BCUT2D eigenvalue weighted by Gasteiger charge is 2.34. The molecule has 0 radical (unpaired) electrons. The zero-order valence-electron chi connectivity index (χ0n) is 34.6. The Balaban J connectivity index is 1.27. The number of nitrogens with one attached hydrogen (secondary N) is 3. The van der Waals surface area contributed by atoms with E-state index in [4.69, 9.17) is 24.8 Å². The number of hydrogen-bond donors (Lipinski definition) is 7. The lowest BCUT2D eigenvalue weighted by Gasteiger charge is -2.26. The predicted octanol–water partition coefficient (Wildman–Crippen LogP) is 8.41. The molecule has 8 rings (SSSR count). The molecule has 0 aliphatic heterocycles. The number of hydrogen-bond acceptors (Lipinski definition) is 24. The van der Waals surface area contributed by atoms with Gasteiger partial charge < -0.3 is 25.3 Å². The second-order valence-electron chi connectivity index (χ2n) is 13.8. The van der Waals surface area contributed by atoms with Gasteiger partial charge in [0, 0.05) is 45.5 Å². The van der Waals surface area contributed by atoms with Crippen LogP contribution in [0.25, 0.3) is 22.0 Å². The number of ether oxygens (including phenoxy) is 1. The molecule has 7 aromatic rings. The van der Waals surface area contributed by atoms with Gasteiger partial charge in [0.2, 0.25) is 11.9 Å². The molecule has 0 saturated carbocycles.